The van der Waals surface area contributed by atoms with Crippen LogP contribution in [0.3, 0.4) is 0 Å². The smallest absolute Gasteiger partial charge is 0.310 e. The van der Waals surface area contributed by atoms with Crippen molar-refractivity contribution in [3.63, 3.8) is 0 Å². The highest BCUT2D eigenvalue weighted by atomic mass is 79.9. The number of aliphatic carboxylic acids is 1. The van der Waals surface area contributed by atoms with E-state index in [9.17, 15) is 9.90 Å². The highest BCUT2D eigenvalue weighted by Crippen LogP contribution is 2.51. The number of fused-ring (bicyclic) bond motifs is 1. The number of carboxylic acids is 1. The van der Waals surface area contributed by atoms with Crippen LogP contribution in [0.15, 0.2) is 41.1 Å². The van der Waals surface area contributed by atoms with Gasteiger partial charge in [-0.25, -0.2) is 9.97 Å². The predicted octanol–water partition coefficient (Wildman–Crippen LogP) is 3.08. The monoisotopic (exact) mass is 374 g/mol. The molecular formula is C17H15BrN2O3. The van der Waals surface area contributed by atoms with Crippen LogP contribution < -0.4 is 0 Å². The Morgan fingerprint density at radius 1 is 1.30 bits per heavy atom. The Morgan fingerprint density at radius 3 is 2.65 bits per heavy atom. The second kappa shape index (κ2) is 5.39. The van der Waals surface area contributed by atoms with E-state index in [-0.39, 0.29) is 12.2 Å². The third-order valence-electron chi connectivity index (χ3n) is 4.67. The van der Waals surface area contributed by atoms with Gasteiger partial charge in [-0.2, -0.15) is 0 Å². The molecular weight excluding hydrogens is 360 g/mol. The van der Waals surface area contributed by atoms with Gasteiger partial charge >= 0.3 is 5.97 Å². The molecule has 2 fully saturated rings. The van der Waals surface area contributed by atoms with Crippen molar-refractivity contribution < 1.29 is 14.6 Å². The molecule has 23 heavy (non-hydrogen) atoms. The molecule has 3 atom stereocenters. The van der Waals surface area contributed by atoms with E-state index in [1.807, 2.05) is 24.3 Å². The Hall–Kier alpha value is -1.79. The van der Waals surface area contributed by atoms with Crippen molar-refractivity contribution in [3.8, 4) is 11.4 Å². The van der Waals surface area contributed by atoms with E-state index in [0.717, 1.165) is 15.6 Å². The lowest BCUT2D eigenvalue weighted by molar-refractivity contribution is -0.150. The number of hydrogen-bond donors (Lipinski definition) is 1. The van der Waals surface area contributed by atoms with Gasteiger partial charge in [0.2, 0.25) is 0 Å². The van der Waals surface area contributed by atoms with E-state index in [1.165, 1.54) is 0 Å². The van der Waals surface area contributed by atoms with Gasteiger partial charge in [0.05, 0.1) is 22.1 Å². The van der Waals surface area contributed by atoms with Crippen molar-refractivity contribution >= 4 is 21.9 Å². The SMILES string of the molecule is O=C(O)C1(Cc2cccc(-c3ncc(Br)cn3)c2)C[C@@H]2O[C@@H]2C1. The summed E-state index contributed by atoms with van der Waals surface area (Å²) < 4.78 is 6.24. The fourth-order valence-corrected chi connectivity index (χ4v) is 3.66. The first-order valence-corrected chi connectivity index (χ1v) is 8.31. The third-order valence-corrected chi connectivity index (χ3v) is 5.08. The van der Waals surface area contributed by atoms with Gasteiger partial charge < -0.3 is 9.84 Å². The third kappa shape index (κ3) is 2.77. The van der Waals surface area contributed by atoms with Gasteiger partial charge in [-0.05, 0) is 46.8 Å². The highest BCUT2D eigenvalue weighted by molar-refractivity contribution is 9.10. The molecule has 6 heteroatoms. The van der Waals surface area contributed by atoms with Crippen LogP contribution in [-0.4, -0.2) is 33.3 Å². The lowest BCUT2D eigenvalue weighted by atomic mass is 9.79. The standard InChI is InChI=1S/C17H15BrN2O3/c18-12-8-19-15(20-9-12)11-3-1-2-10(4-11)5-17(16(21)22)6-13-14(7-17)23-13/h1-4,8-9,13-14H,5-7H2,(H,21,22)/t13-,14+,17?. The average Bonchev–Trinajstić information content (AvgIpc) is 3.15. The molecule has 1 unspecified atom stereocenters. The maximum Gasteiger partial charge on any atom is 0.310 e. The number of hydrogen-bond acceptors (Lipinski definition) is 4. The molecule has 2 heterocycles. The number of carbonyl (C=O) groups is 1. The first-order chi connectivity index (χ1) is 11.1. The lowest BCUT2D eigenvalue weighted by Crippen LogP contribution is -2.32. The van der Waals surface area contributed by atoms with Gasteiger partial charge in [-0.15, -0.1) is 0 Å². The van der Waals surface area contributed by atoms with Crippen molar-refractivity contribution in [3.05, 3.63) is 46.7 Å². The van der Waals surface area contributed by atoms with Crippen LogP contribution in [0, 0.1) is 5.41 Å². The molecule has 1 saturated carbocycles. The molecule has 1 aliphatic heterocycles. The molecule has 1 aromatic carbocycles. The highest BCUT2D eigenvalue weighted by Gasteiger charge is 2.59. The summed E-state index contributed by atoms with van der Waals surface area (Å²) in [5, 5.41) is 9.69. The molecule has 2 aliphatic rings. The van der Waals surface area contributed by atoms with E-state index in [0.29, 0.717) is 25.1 Å². The quantitative estimate of drug-likeness (QED) is 0.832. The molecule has 0 radical (unpaired) electrons. The number of carboxylic acid groups (broad SMARTS) is 1. The van der Waals surface area contributed by atoms with E-state index in [1.54, 1.807) is 12.4 Å². The zero-order chi connectivity index (χ0) is 16.0. The number of aromatic nitrogens is 2. The Labute approximate surface area is 141 Å². The Morgan fingerprint density at radius 2 is 2.00 bits per heavy atom. The molecule has 1 saturated heterocycles. The molecule has 1 aliphatic carbocycles. The maximum atomic E-state index is 11.8. The molecule has 5 nitrogen and oxygen atoms in total. The van der Waals surface area contributed by atoms with Crippen LogP contribution in [0.2, 0.25) is 0 Å². The number of halogens is 1. The van der Waals surface area contributed by atoms with Crippen molar-refractivity contribution in [2.45, 2.75) is 31.5 Å². The van der Waals surface area contributed by atoms with Crippen LogP contribution in [0.5, 0.6) is 0 Å². The summed E-state index contributed by atoms with van der Waals surface area (Å²) in [4.78, 5) is 20.4. The minimum absolute atomic E-state index is 0.143. The average molecular weight is 375 g/mol. The van der Waals surface area contributed by atoms with E-state index in [4.69, 9.17) is 4.74 Å². The zero-order valence-electron chi connectivity index (χ0n) is 12.3. The van der Waals surface area contributed by atoms with Crippen molar-refractivity contribution in [1.29, 1.82) is 0 Å². The van der Waals surface area contributed by atoms with Crippen molar-refractivity contribution in [1.82, 2.24) is 9.97 Å². The number of benzene rings is 1. The van der Waals surface area contributed by atoms with Gasteiger partial charge in [-0.1, -0.05) is 18.2 Å². The van der Waals surface area contributed by atoms with Gasteiger partial charge in [0.1, 0.15) is 0 Å². The van der Waals surface area contributed by atoms with Gasteiger partial charge in [0.25, 0.3) is 0 Å². The predicted molar refractivity (Wildman–Crippen MR) is 86.8 cm³/mol. The van der Waals surface area contributed by atoms with Crippen molar-refractivity contribution in [2.75, 3.05) is 0 Å². The summed E-state index contributed by atoms with van der Waals surface area (Å²) in [7, 11) is 0. The summed E-state index contributed by atoms with van der Waals surface area (Å²) in [6.45, 7) is 0. The molecule has 0 bridgehead atoms. The molecule has 1 aromatic heterocycles. The zero-order valence-corrected chi connectivity index (χ0v) is 13.9. The topological polar surface area (TPSA) is 75.6 Å². The van der Waals surface area contributed by atoms with E-state index >= 15 is 0 Å². The molecule has 4 rings (SSSR count). The molecule has 1 N–H and O–H groups in total. The van der Waals surface area contributed by atoms with Crippen LogP contribution in [0.4, 0.5) is 0 Å². The Kier molecular flexibility index (Phi) is 3.46. The first-order valence-electron chi connectivity index (χ1n) is 7.51. The van der Waals surface area contributed by atoms with Crippen molar-refractivity contribution in [2.24, 2.45) is 5.41 Å². The fraction of sp³-hybridized carbons (Fsp3) is 0.353. The Bertz CT molecular complexity index is 753. The molecule has 0 spiro atoms. The summed E-state index contributed by atoms with van der Waals surface area (Å²) in [5.41, 5.74) is 1.19. The second-order valence-electron chi connectivity index (χ2n) is 6.31. The summed E-state index contributed by atoms with van der Waals surface area (Å²) >= 11 is 3.32. The number of ether oxygens (including phenoxy) is 1. The minimum atomic E-state index is -0.724. The van der Waals surface area contributed by atoms with Gasteiger partial charge in [0, 0.05) is 18.0 Å². The second-order valence-corrected chi connectivity index (χ2v) is 7.22. The van der Waals surface area contributed by atoms with Crippen LogP contribution in [-0.2, 0) is 16.0 Å². The molecule has 118 valence electrons. The van der Waals surface area contributed by atoms with Crippen LogP contribution in [0.1, 0.15) is 18.4 Å². The summed E-state index contributed by atoms with van der Waals surface area (Å²) in [6, 6.07) is 7.82. The number of epoxide rings is 1. The number of nitrogens with zero attached hydrogens (tertiary/aromatic N) is 2. The van der Waals surface area contributed by atoms with E-state index in [2.05, 4.69) is 25.9 Å². The summed E-state index contributed by atoms with van der Waals surface area (Å²) in [5.74, 6) is -0.0874. The molecule has 2 aromatic rings. The first kappa shape index (κ1) is 14.8. The van der Waals surface area contributed by atoms with Gasteiger partial charge in [-0.3, -0.25) is 4.79 Å². The largest absolute Gasteiger partial charge is 0.481 e. The normalized spacial score (nSPS) is 28.4. The van der Waals surface area contributed by atoms with Crippen LogP contribution >= 0.6 is 15.9 Å². The fourth-order valence-electron chi connectivity index (χ4n) is 3.46. The van der Waals surface area contributed by atoms with Gasteiger partial charge in [0.15, 0.2) is 5.82 Å². The number of rotatable bonds is 4. The lowest BCUT2D eigenvalue weighted by Gasteiger charge is -2.25. The summed E-state index contributed by atoms with van der Waals surface area (Å²) in [6.07, 6.45) is 5.42. The van der Waals surface area contributed by atoms with E-state index < -0.39 is 11.4 Å². The minimum Gasteiger partial charge on any atom is -0.481 e. The Balaban J connectivity index is 1.61. The van der Waals surface area contributed by atoms with Crippen LogP contribution in [0.25, 0.3) is 11.4 Å². The molecule has 0 amide bonds. The maximum absolute atomic E-state index is 11.8.